The smallest absolute Gasteiger partial charge is 0.296 e. The van der Waals surface area contributed by atoms with E-state index in [4.69, 9.17) is 9.47 Å². The number of ether oxygens (including phenoxy) is 2. The molecule has 0 aliphatic carbocycles. The first kappa shape index (κ1) is 17.8. The Kier molecular flexibility index (Phi) is 4.64. The summed E-state index contributed by atoms with van der Waals surface area (Å²) in [7, 11) is 0. The molecular formula is C22H27N3O3+2. The molecule has 2 saturated heterocycles. The van der Waals surface area contributed by atoms with Crippen LogP contribution in [0.4, 0.5) is 5.69 Å². The fourth-order valence-electron chi connectivity index (χ4n) is 4.64. The molecule has 6 heteroatoms. The number of fused-ring (bicyclic) bond motifs is 2. The van der Waals surface area contributed by atoms with Crippen molar-refractivity contribution in [3.8, 4) is 0 Å². The van der Waals surface area contributed by atoms with Gasteiger partial charge in [0.2, 0.25) is 0 Å². The SMILES string of the molecule is O=C1N(C[NH+]2CC[NH+](Cc3ccccc3)CC2)c2ccccc2C12OCCO2. The van der Waals surface area contributed by atoms with Gasteiger partial charge in [0.05, 0.1) is 18.9 Å². The fraction of sp³-hybridized carbons (Fsp3) is 0.409. The van der Waals surface area contributed by atoms with Gasteiger partial charge in [-0.25, -0.2) is 0 Å². The van der Waals surface area contributed by atoms with Gasteiger partial charge in [0.25, 0.3) is 11.7 Å². The number of carbonyl (C=O) groups excluding carboxylic acids is 1. The van der Waals surface area contributed by atoms with Crippen molar-refractivity contribution in [2.75, 3.05) is 51.0 Å². The van der Waals surface area contributed by atoms with Gasteiger partial charge in [-0.15, -0.1) is 0 Å². The van der Waals surface area contributed by atoms with Crippen molar-refractivity contribution in [3.05, 3.63) is 65.7 Å². The third-order valence-electron chi connectivity index (χ3n) is 6.11. The van der Waals surface area contributed by atoms with Crippen LogP contribution in [-0.2, 0) is 26.6 Å². The molecular weight excluding hydrogens is 354 g/mol. The van der Waals surface area contributed by atoms with Gasteiger partial charge in [-0.1, -0.05) is 48.5 Å². The minimum atomic E-state index is -1.21. The van der Waals surface area contributed by atoms with Crippen LogP contribution < -0.4 is 14.7 Å². The first-order valence-corrected chi connectivity index (χ1v) is 10.2. The van der Waals surface area contributed by atoms with E-state index in [-0.39, 0.29) is 5.91 Å². The van der Waals surface area contributed by atoms with Gasteiger partial charge in [-0.2, -0.15) is 0 Å². The zero-order valence-electron chi connectivity index (χ0n) is 16.0. The highest BCUT2D eigenvalue weighted by Gasteiger charge is 2.56. The van der Waals surface area contributed by atoms with Crippen LogP contribution in [-0.4, -0.2) is 52.0 Å². The van der Waals surface area contributed by atoms with E-state index in [1.54, 1.807) is 4.90 Å². The summed E-state index contributed by atoms with van der Waals surface area (Å²) in [5, 5.41) is 0. The van der Waals surface area contributed by atoms with Crippen LogP contribution in [0.1, 0.15) is 11.1 Å². The highest BCUT2D eigenvalue weighted by Crippen LogP contribution is 2.44. The summed E-state index contributed by atoms with van der Waals surface area (Å²) in [5.74, 6) is -1.28. The third kappa shape index (κ3) is 3.02. The lowest BCUT2D eigenvalue weighted by Crippen LogP contribution is -3.28. The average Bonchev–Trinajstić information content (AvgIpc) is 3.32. The van der Waals surface area contributed by atoms with E-state index in [0.29, 0.717) is 19.9 Å². The maximum Gasteiger partial charge on any atom is 0.296 e. The van der Waals surface area contributed by atoms with Crippen LogP contribution in [0.25, 0.3) is 0 Å². The van der Waals surface area contributed by atoms with Crippen LogP contribution >= 0.6 is 0 Å². The van der Waals surface area contributed by atoms with Crippen LogP contribution in [0.2, 0.25) is 0 Å². The predicted molar refractivity (Wildman–Crippen MR) is 104 cm³/mol. The predicted octanol–water partition coefficient (Wildman–Crippen LogP) is -0.826. The van der Waals surface area contributed by atoms with Crippen LogP contribution in [0, 0.1) is 0 Å². The molecule has 0 unspecified atom stereocenters. The van der Waals surface area contributed by atoms with Gasteiger partial charge in [0, 0.05) is 11.1 Å². The van der Waals surface area contributed by atoms with Gasteiger partial charge in [0.1, 0.15) is 32.7 Å². The van der Waals surface area contributed by atoms with E-state index in [1.165, 1.54) is 10.5 Å². The molecule has 1 spiro atoms. The Labute approximate surface area is 165 Å². The molecule has 0 saturated carbocycles. The number of carbonyl (C=O) groups is 1. The molecule has 2 fully saturated rings. The van der Waals surface area contributed by atoms with E-state index >= 15 is 0 Å². The molecule has 28 heavy (non-hydrogen) atoms. The van der Waals surface area contributed by atoms with E-state index in [2.05, 4.69) is 30.3 Å². The molecule has 0 aromatic heterocycles. The van der Waals surface area contributed by atoms with Crippen molar-refractivity contribution in [1.29, 1.82) is 0 Å². The number of nitrogens with one attached hydrogen (secondary N) is 2. The van der Waals surface area contributed by atoms with E-state index < -0.39 is 5.79 Å². The second-order valence-electron chi connectivity index (χ2n) is 7.88. The Morgan fingerprint density at radius 2 is 1.50 bits per heavy atom. The molecule has 2 N–H and O–H groups in total. The van der Waals surface area contributed by atoms with Crippen molar-refractivity contribution < 1.29 is 24.1 Å². The fourth-order valence-corrected chi connectivity index (χ4v) is 4.64. The summed E-state index contributed by atoms with van der Waals surface area (Å²) in [5.41, 5.74) is 3.17. The Hall–Kier alpha value is -2.25. The Morgan fingerprint density at radius 1 is 0.857 bits per heavy atom. The largest absolute Gasteiger partial charge is 0.336 e. The summed E-state index contributed by atoms with van der Waals surface area (Å²) in [6.45, 7) is 7.02. The third-order valence-corrected chi connectivity index (χ3v) is 6.11. The normalized spacial score (nSPS) is 26.0. The maximum absolute atomic E-state index is 13.2. The number of rotatable bonds is 4. The van der Waals surface area contributed by atoms with E-state index in [9.17, 15) is 4.79 Å². The van der Waals surface area contributed by atoms with Gasteiger partial charge in [-0.05, 0) is 6.07 Å². The van der Waals surface area contributed by atoms with Crippen molar-refractivity contribution in [2.24, 2.45) is 0 Å². The minimum Gasteiger partial charge on any atom is -0.336 e. The molecule has 146 valence electrons. The topological polar surface area (TPSA) is 47.7 Å². The summed E-state index contributed by atoms with van der Waals surface area (Å²) in [6.07, 6.45) is 0. The number of nitrogens with zero attached hydrogens (tertiary/aromatic N) is 1. The molecule has 1 amide bonds. The van der Waals surface area contributed by atoms with Crippen LogP contribution in [0.5, 0.6) is 0 Å². The quantitative estimate of drug-likeness (QED) is 0.727. The molecule has 2 aromatic rings. The number of hydrogen-bond donors (Lipinski definition) is 2. The molecule has 3 aliphatic rings. The number of quaternary nitrogens is 2. The highest BCUT2D eigenvalue weighted by atomic mass is 16.7. The van der Waals surface area contributed by atoms with E-state index in [1.807, 2.05) is 29.2 Å². The summed E-state index contributed by atoms with van der Waals surface area (Å²) >= 11 is 0. The second-order valence-corrected chi connectivity index (χ2v) is 7.88. The number of hydrogen-bond acceptors (Lipinski definition) is 3. The Morgan fingerprint density at radius 3 is 2.25 bits per heavy atom. The van der Waals surface area contributed by atoms with E-state index in [0.717, 1.165) is 44.0 Å². The van der Waals surface area contributed by atoms with Gasteiger partial charge in [-0.3, -0.25) is 9.69 Å². The van der Waals surface area contributed by atoms with Crippen molar-refractivity contribution in [3.63, 3.8) is 0 Å². The molecule has 5 rings (SSSR count). The lowest BCUT2D eigenvalue weighted by molar-refractivity contribution is -1.02. The van der Waals surface area contributed by atoms with Crippen LogP contribution in [0.15, 0.2) is 54.6 Å². The van der Waals surface area contributed by atoms with Gasteiger partial charge in [0.15, 0.2) is 6.67 Å². The number of para-hydroxylation sites is 1. The summed E-state index contributed by atoms with van der Waals surface area (Å²) in [4.78, 5) is 18.1. The molecule has 6 nitrogen and oxygen atoms in total. The van der Waals surface area contributed by atoms with Gasteiger partial charge < -0.3 is 19.3 Å². The molecule has 2 aromatic carbocycles. The van der Waals surface area contributed by atoms with Crippen LogP contribution in [0.3, 0.4) is 0 Å². The Balaban J connectivity index is 1.25. The molecule has 3 heterocycles. The monoisotopic (exact) mass is 381 g/mol. The zero-order chi connectivity index (χ0) is 19.0. The van der Waals surface area contributed by atoms with Crippen molar-refractivity contribution >= 4 is 11.6 Å². The zero-order valence-corrected chi connectivity index (χ0v) is 16.0. The number of benzene rings is 2. The number of anilines is 1. The number of amides is 1. The molecule has 0 bridgehead atoms. The summed E-state index contributed by atoms with van der Waals surface area (Å²) in [6, 6.07) is 18.6. The second kappa shape index (κ2) is 7.29. The highest BCUT2D eigenvalue weighted by molar-refractivity contribution is 6.06. The van der Waals surface area contributed by atoms with Crippen molar-refractivity contribution in [2.45, 2.75) is 12.3 Å². The standard InChI is InChI=1S/C22H25N3O3/c26-21-22(27-14-15-28-22)19-8-4-5-9-20(19)25(21)17-24-12-10-23(11-13-24)16-18-6-2-1-3-7-18/h1-9H,10-17H2/p+2. The minimum absolute atomic E-state index is 0.0715. The molecule has 0 radical (unpaired) electrons. The lowest BCUT2D eigenvalue weighted by Gasteiger charge is -2.32. The van der Waals surface area contributed by atoms with Crippen molar-refractivity contribution in [1.82, 2.24) is 0 Å². The maximum atomic E-state index is 13.2. The molecule has 0 atom stereocenters. The lowest BCUT2D eigenvalue weighted by atomic mass is 10.1. The first-order valence-electron chi connectivity index (χ1n) is 10.2. The summed E-state index contributed by atoms with van der Waals surface area (Å²) < 4.78 is 11.6. The first-order chi connectivity index (χ1) is 13.8. The average molecular weight is 381 g/mol. The van der Waals surface area contributed by atoms with Gasteiger partial charge >= 0.3 is 0 Å². The Bertz CT molecular complexity index is 843. The molecule has 3 aliphatic heterocycles. The number of piperazine rings is 1.